The molecule has 1 rings (SSSR count). The number of hydrogen-bond donors (Lipinski definition) is 2. The number of aryl methyl sites for hydroxylation is 1. The van der Waals surface area contributed by atoms with Gasteiger partial charge in [0.25, 0.3) is 5.91 Å². The minimum atomic E-state index is -0.203. The third-order valence-electron chi connectivity index (χ3n) is 2.56. The molecule has 0 spiro atoms. The molecular formula is C11H18N2O3. The molecule has 0 saturated carbocycles. The van der Waals surface area contributed by atoms with Crippen molar-refractivity contribution in [3.05, 3.63) is 17.5 Å². The summed E-state index contributed by atoms with van der Waals surface area (Å²) in [5.74, 6) is 0.575. The van der Waals surface area contributed by atoms with Crippen LogP contribution in [0.25, 0.3) is 0 Å². The van der Waals surface area contributed by atoms with E-state index >= 15 is 0 Å². The molecular weight excluding hydrogens is 208 g/mol. The zero-order valence-electron chi connectivity index (χ0n) is 9.86. The molecule has 5 nitrogen and oxygen atoms in total. The largest absolute Gasteiger partial charge is 0.396 e. The Hall–Kier alpha value is -1.36. The van der Waals surface area contributed by atoms with Crippen LogP contribution in [0.15, 0.2) is 10.7 Å². The average molecular weight is 226 g/mol. The van der Waals surface area contributed by atoms with Crippen molar-refractivity contribution < 1.29 is 14.4 Å². The standard InChI is InChI=1S/C11H18N2O3/c1-7(2)10(4-5-14)13-11(15)9-6-12-16-8(9)3/h6-7,10,14H,4-5H2,1-3H3,(H,13,15). The highest BCUT2D eigenvalue weighted by molar-refractivity contribution is 5.94. The molecule has 0 aliphatic heterocycles. The number of aliphatic hydroxyl groups is 1. The molecule has 1 heterocycles. The lowest BCUT2D eigenvalue weighted by molar-refractivity contribution is 0.0915. The van der Waals surface area contributed by atoms with Crippen LogP contribution in [0.4, 0.5) is 0 Å². The maximum atomic E-state index is 11.8. The number of hydrogen-bond acceptors (Lipinski definition) is 4. The third kappa shape index (κ3) is 3.06. The van der Waals surface area contributed by atoms with Crippen LogP contribution in [0.3, 0.4) is 0 Å². The van der Waals surface area contributed by atoms with Crippen molar-refractivity contribution in [2.75, 3.05) is 6.61 Å². The molecule has 0 saturated heterocycles. The summed E-state index contributed by atoms with van der Waals surface area (Å²) in [7, 11) is 0. The second-order valence-electron chi connectivity index (χ2n) is 4.13. The molecule has 0 aromatic carbocycles. The van der Waals surface area contributed by atoms with Gasteiger partial charge in [0, 0.05) is 12.6 Å². The van der Waals surface area contributed by atoms with Crippen LogP contribution in [0, 0.1) is 12.8 Å². The fourth-order valence-electron chi connectivity index (χ4n) is 1.47. The SMILES string of the molecule is Cc1oncc1C(=O)NC(CCO)C(C)C. The highest BCUT2D eigenvalue weighted by Crippen LogP contribution is 2.10. The summed E-state index contributed by atoms with van der Waals surface area (Å²) >= 11 is 0. The molecule has 1 amide bonds. The summed E-state index contributed by atoms with van der Waals surface area (Å²) in [4.78, 5) is 11.8. The van der Waals surface area contributed by atoms with Crippen molar-refractivity contribution in [2.45, 2.75) is 33.2 Å². The number of rotatable bonds is 5. The van der Waals surface area contributed by atoms with Gasteiger partial charge in [-0.15, -0.1) is 0 Å². The summed E-state index contributed by atoms with van der Waals surface area (Å²) in [6, 6.07) is -0.0354. The Labute approximate surface area is 94.8 Å². The fraction of sp³-hybridized carbons (Fsp3) is 0.636. The fourth-order valence-corrected chi connectivity index (χ4v) is 1.47. The third-order valence-corrected chi connectivity index (χ3v) is 2.56. The second-order valence-corrected chi connectivity index (χ2v) is 4.13. The summed E-state index contributed by atoms with van der Waals surface area (Å²) in [6.07, 6.45) is 1.95. The number of aromatic nitrogens is 1. The number of amides is 1. The van der Waals surface area contributed by atoms with Crippen LogP contribution >= 0.6 is 0 Å². The van der Waals surface area contributed by atoms with E-state index in [0.717, 1.165) is 0 Å². The van der Waals surface area contributed by atoms with E-state index in [1.807, 2.05) is 13.8 Å². The van der Waals surface area contributed by atoms with Gasteiger partial charge in [-0.25, -0.2) is 0 Å². The van der Waals surface area contributed by atoms with Crippen LogP contribution in [-0.2, 0) is 0 Å². The van der Waals surface area contributed by atoms with Gasteiger partial charge in [-0.1, -0.05) is 19.0 Å². The van der Waals surface area contributed by atoms with Gasteiger partial charge in [-0.05, 0) is 19.3 Å². The van der Waals surface area contributed by atoms with E-state index in [1.54, 1.807) is 6.92 Å². The van der Waals surface area contributed by atoms with Crippen LogP contribution in [0.5, 0.6) is 0 Å². The quantitative estimate of drug-likeness (QED) is 0.789. The van der Waals surface area contributed by atoms with E-state index in [4.69, 9.17) is 9.63 Å². The minimum absolute atomic E-state index is 0.0354. The van der Waals surface area contributed by atoms with Crippen LogP contribution < -0.4 is 5.32 Å². The van der Waals surface area contributed by atoms with E-state index in [2.05, 4.69) is 10.5 Å². The topological polar surface area (TPSA) is 75.4 Å². The van der Waals surface area contributed by atoms with Gasteiger partial charge in [-0.2, -0.15) is 0 Å². The zero-order valence-corrected chi connectivity index (χ0v) is 9.86. The molecule has 90 valence electrons. The van der Waals surface area contributed by atoms with Crippen molar-refractivity contribution in [3.8, 4) is 0 Å². The summed E-state index contributed by atoms with van der Waals surface area (Å²) in [6.45, 7) is 5.76. The van der Waals surface area contributed by atoms with Gasteiger partial charge in [0.1, 0.15) is 11.3 Å². The number of nitrogens with one attached hydrogen (secondary N) is 1. The van der Waals surface area contributed by atoms with E-state index in [9.17, 15) is 4.79 Å². The van der Waals surface area contributed by atoms with Gasteiger partial charge in [-0.3, -0.25) is 4.79 Å². The monoisotopic (exact) mass is 226 g/mol. The molecule has 0 bridgehead atoms. The second kappa shape index (κ2) is 5.65. The Morgan fingerprint density at radius 1 is 1.62 bits per heavy atom. The first-order chi connectivity index (χ1) is 7.56. The maximum Gasteiger partial charge on any atom is 0.256 e. The molecule has 1 unspecified atom stereocenters. The van der Waals surface area contributed by atoms with Crippen molar-refractivity contribution >= 4 is 5.91 Å². The molecule has 1 aromatic heterocycles. The molecule has 0 fully saturated rings. The predicted octanol–water partition coefficient (Wildman–Crippen LogP) is 1.12. The number of carbonyl (C=O) groups is 1. The first-order valence-corrected chi connectivity index (χ1v) is 5.39. The van der Waals surface area contributed by atoms with Gasteiger partial charge in [0.15, 0.2) is 0 Å². The molecule has 0 aliphatic carbocycles. The highest BCUT2D eigenvalue weighted by Gasteiger charge is 2.19. The van der Waals surface area contributed by atoms with Gasteiger partial charge in [0.2, 0.25) is 0 Å². The van der Waals surface area contributed by atoms with E-state index < -0.39 is 0 Å². The van der Waals surface area contributed by atoms with Gasteiger partial charge in [0.05, 0.1) is 6.20 Å². The minimum Gasteiger partial charge on any atom is -0.396 e. The molecule has 16 heavy (non-hydrogen) atoms. The Balaban J connectivity index is 2.65. The van der Waals surface area contributed by atoms with Crippen LogP contribution in [0.1, 0.15) is 36.4 Å². The predicted molar refractivity (Wildman–Crippen MR) is 59.0 cm³/mol. The smallest absolute Gasteiger partial charge is 0.256 e. The summed E-state index contributed by atoms with van der Waals surface area (Å²) in [5, 5.41) is 15.3. The lowest BCUT2D eigenvalue weighted by Crippen LogP contribution is -2.39. The first kappa shape index (κ1) is 12.7. The van der Waals surface area contributed by atoms with Crippen LogP contribution in [0.2, 0.25) is 0 Å². The normalized spacial score (nSPS) is 12.8. The zero-order chi connectivity index (χ0) is 12.1. The average Bonchev–Trinajstić information content (AvgIpc) is 2.63. The van der Waals surface area contributed by atoms with Crippen molar-refractivity contribution in [1.82, 2.24) is 10.5 Å². The van der Waals surface area contributed by atoms with Gasteiger partial charge < -0.3 is 14.9 Å². The Morgan fingerprint density at radius 2 is 2.31 bits per heavy atom. The molecule has 2 N–H and O–H groups in total. The van der Waals surface area contributed by atoms with Gasteiger partial charge >= 0.3 is 0 Å². The Morgan fingerprint density at radius 3 is 2.75 bits per heavy atom. The number of carbonyl (C=O) groups excluding carboxylic acids is 1. The molecule has 1 aromatic rings. The molecule has 5 heteroatoms. The highest BCUT2D eigenvalue weighted by atomic mass is 16.5. The molecule has 1 atom stereocenters. The first-order valence-electron chi connectivity index (χ1n) is 5.39. The maximum absolute atomic E-state index is 11.8. The van der Waals surface area contributed by atoms with E-state index in [-0.39, 0.29) is 24.5 Å². The summed E-state index contributed by atoms with van der Waals surface area (Å²) < 4.78 is 4.83. The lowest BCUT2D eigenvalue weighted by atomic mass is 10.0. The Bertz CT molecular complexity index is 347. The number of nitrogens with zero attached hydrogens (tertiary/aromatic N) is 1. The molecule has 0 radical (unpaired) electrons. The van der Waals surface area contributed by atoms with Crippen molar-refractivity contribution in [1.29, 1.82) is 0 Å². The van der Waals surface area contributed by atoms with Crippen molar-refractivity contribution in [3.63, 3.8) is 0 Å². The summed E-state index contributed by atoms with van der Waals surface area (Å²) in [5.41, 5.74) is 0.448. The van der Waals surface area contributed by atoms with E-state index in [0.29, 0.717) is 17.7 Å². The Kier molecular flexibility index (Phi) is 4.49. The lowest BCUT2D eigenvalue weighted by Gasteiger charge is -2.21. The van der Waals surface area contributed by atoms with Crippen molar-refractivity contribution in [2.24, 2.45) is 5.92 Å². The number of aliphatic hydroxyl groups excluding tert-OH is 1. The van der Waals surface area contributed by atoms with Crippen LogP contribution in [-0.4, -0.2) is 28.8 Å². The van der Waals surface area contributed by atoms with E-state index in [1.165, 1.54) is 6.20 Å². The molecule has 0 aliphatic rings.